The molecule has 3 aliphatic rings. The summed E-state index contributed by atoms with van der Waals surface area (Å²) in [4.78, 5) is 16.6. The van der Waals surface area contributed by atoms with Gasteiger partial charge < -0.3 is 14.7 Å². The molecule has 0 bridgehead atoms. The Morgan fingerprint density at radius 3 is 2.36 bits per heavy atom. The zero-order valence-electron chi connectivity index (χ0n) is 18.3. The number of anilines is 1. The molecule has 3 heterocycles. The summed E-state index contributed by atoms with van der Waals surface area (Å²) >= 11 is 0. The van der Waals surface area contributed by atoms with Crippen LogP contribution in [0.25, 0.3) is 0 Å². The zero-order chi connectivity index (χ0) is 23.2. The van der Waals surface area contributed by atoms with Gasteiger partial charge in [0.1, 0.15) is 11.9 Å². The van der Waals surface area contributed by atoms with Gasteiger partial charge >= 0.3 is 12.2 Å². The molecule has 0 amide bonds. The normalized spacial score (nSPS) is 22.5. The molecule has 1 aliphatic carbocycles. The van der Waals surface area contributed by atoms with Crippen molar-refractivity contribution in [1.82, 2.24) is 14.9 Å². The van der Waals surface area contributed by atoms with Crippen LogP contribution in [-0.2, 0) is 6.18 Å². The second-order valence-electron chi connectivity index (χ2n) is 8.80. The third-order valence-corrected chi connectivity index (χ3v) is 6.75. The number of piperidine rings is 1. The van der Waals surface area contributed by atoms with Crippen LogP contribution in [0.3, 0.4) is 0 Å². The van der Waals surface area contributed by atoms with Crippen molar-refractivity contribution in [1.29, 1.82) is 0 Å². The van der Waals surface area contributed by atoms with E-state index in [1.165, 1.54) is 48.7 Å². The van der Waals surface area contributed by atoms with Gasteiger partial charge in [-0.05, 0) is 44.7 Å². The van der Waals surface area contributed by atoms with Gasteiger partial charge in [0.25, 0.3) is 0 Å². The summed E-state index contributed by atoms with van der Waals surface area (Å²) < 4.78 is 46.5. The summed E-state index contributed by atoms with van der Waals surface area (Å²) in [6.45, 7) is 3.63. The molecular formula is C23H26F3N5O2. The Labute approximate surface area is 189 Å². The van der Waals surface area contributed by atoms with Crippen LogP contribution in [0, 0.1) is 0 Å². The lowest BCUT2D eigenvalue weighted by Crippen LogP contribution is -2.46. The maximum Gasteiger partial charge on any atom is 0.416 e. The summed E-state index contributed by atoms with van der Waals surface area (Å²) in [6.07, 6.45) is 2.46. The van der Waals surface area contributed by atoms with Gasteiger partial charge in [-0.1, -0.05) is 12.5 Å². The number of benzene rings is 1. The van der Waals surface area contributed by atoms with E-state index in [9.17, 15) is 18.3 Å². The van der Waals surface area contributed by atoms with Gasteiger partial charge in [-0.25, -0.2) is 15.0 Å². The van der Waals surface area contributed by atoms with E-state index in [1.54, 1.807) is 6.92 Å². The van der Waals surface area contributed by atoms with Gasteiger partial charge in [0, 0.05) is 24.7 Å². The standard InChI is InChI=1S/C23H26F3N5O2/c1-14-29-19-7-3-6-18(23(24,25)26)20(19)21(32)31(14)16-12-27-22(28-13-16)33-17-8-10-30(11-9-17)15-4-2-5-15/h3,6-7,12-13,15,17,21,32H,2,4-5,8-11H2,1H3. The third-order valence-electron chi connectivity index (χ3n) is 6.75. The van der Waals surface area contributed by atoms with Crippen LogP contribution >= 0.6 is 0 Å². The minimum atomic E-state index is -4.61. The number of aromatic nitrogens is 2. The molecule has 1 saturated carbocycles. The summed E-state index contributed by atoms with van der Waals surface area (Å²) in [5, 5.41) is 10.9. The number of hydrogen-bond acceptors (Lipinski definition) is 7. The average Bonchev–Trinajstić information content (AvgIpc) is 2.74. The Hall–Kier alpha value is -2.72. The molecular weight excluding hydrogens is 435 g/mol. The molecule has 176 valence electrons. The fraction of sp³-hybridized carbons (Fsp3) is 0.522. The molecule has 10 heteroatoms. The van der Waals surface area contributed by atoms with Crippen molar-refractivity contribution < 1.29 is 23.0 Å². The van der Waals surface area contributed by atoms with E-state index < -0.39 is 18.0 Å². The molecule has 1 unspecified atom stereocenters. The lowest BCUT2D eigenvalue weighted by molar-refractivity contribution is -0.139. The molecule has 2 aromatic rings. The highest BCUT2D eigenvalue weighted by Crippen LogP contribution is 2.43. The Kier molecular flexibility index (Phi) is 5.74. The Balaban J connectivity index is 1.30. The predicted molar refractivity (Wildman–Crippen MR) is 117 cm³/mol. The first kappa shape index (κ1) is 22.1. The van der Waals surface area contributed by atoms with Crippen LogP contribution in [0.1, 0.15) is 56.4 Å². The largest absolute Gasteiger partial charge is 0.460 e. The summed E-state index contributed by atoms with van der Waals surface area (Å²) in [6, 6.07) is 4.63. The minimum absolute atomic E-state index is 0.0391. The number of nitrogens with zero attached hydrogens (tertiary/aromatic N) is 5. The second kappa shape index (κ2) is 8.57. The number of likely N-dealkylation sites (tertiary alicyclic amines) is 1. The molecule has 0 spiro atoms. The van der Waals surface area contributed by atoms with Gasteiger partial charge in [-0.2, -0.15) is 13.2 Å². The van der Waals surface area contributed by atoms with E-state index in [0.717, 1.165) is 38.0 Å². The highest BCUT2D eigenvalue weighted by molar-refractivity contribution is 6.00. The highest BCUT2D eigenvalue weighted by Gasteiger charge is 2.40. The Morgan fingerprint density at radius 1 is 1.06 bits per heavy atom. The molecule has 33 heavy (non-hydrogen) atoms. The third kappa shape index (κ3) is 4.29. The van der Waals surface area contributed by atoms with Gasteiger partial charge in [0.05, 0.1) is 29.3 Å². The van der Waals surface area contributed by atoms with E-state index in [1.807, 2.05) is 0 Å². The van der Waals surface area contributed by atoms with E-state index in [-0.39, 0.29) is 23.4 Å². The van der Waals surface area contributed by atoms with Crippen molar-refractivity contribution in [3.05, 3.63) is 41.7 Å². The second-order valence-corrected chi connectivity index (χ2v) is 8.80. The van der Waals surface area contributed by atoms with Crippen molar-refractivity contribution in [2.45, 2.75) is 63.6 Å². The van der Waals surface area contributed by atoms with E-state index in [0.29, 0.717) is 11.5 Å². The molecule has 2 fully saturated rings. The fourth-order valence-electron chi connectivity index (χ4n) is 4.79. The average molecular weight is 461 g/mol. The number of halogens is 3. The Bertz CT molecular complexity index is 1030. The molecule has 7 nitrogen and oxygen atoms in total. The first-order chi connectivity index (χ1) is 15.8. The fourth-order valence-corrected chi connectivity index (χ4v) is 4.79. The molecule has 0 radical (unpaired) electrons. The van der Waals surface area contributed by atoms with Gasteiger partial charge in [0.15, 0.2) is 6.23 Å². The molecule has 1 saturated heterocycles. The SMILES string of the molecule is CC1=Nc2cccc(C(F)(F)F)c2C(O)N1c1cnc(OC2CCN(C3CCC3)CC2)nc1. The highest BCUT2D eigenvalue weighted by atomic mass is 19.4. The van der Waals surface area contributed by atoms with Gasteiger partial charge in [-0.3, -0.25) is 4.90 Å². The van der Waals surface area contributed by atoms with Gasteiger partial charge in [0.2, 0.25) is 0 Å². The zero-order valence-corrected chi connectivity index (χ0v) is 18.3. The number of aliphatic hydroxyl groups is 1. The maximum atomic E-state index is 13.5. The maximum absolute atomic E-state index is 13.5. The molecule has 1 aromatic heterocycles. The molecule has 1 atom stereocenters. The van der Waals surface area contributed by atoms with Crippen molar-refractivity contribution in [3.8, 4) is 6.01 Å². The number of aliphatic hydroxyl groups excluding tert-OH is 1. The van der Waals surface area contributed by atoms with Crippen LogP contribution in [-0.4, -0.2) is 51.0 Å². The quantitative estimate of drug-likeness (QED) is 0.725. The predicted octanol–water partition coefficient (Wildman–Crippen LogP) is 4.45. The summed E-state index contributed by atoms with van der Waals surface area (Å²) in [5.74, 6) is 0.343. The van der Waals surface area contributed by atoms with Crippen LogP contribution in [0.5, 0.6) is 6.01 Å². The van der Waals surface area contributed by atoms with Crippen molar-refractivity contribution in [2.75, 3.05) is 18.0 Å². The monoisotopic (exact) mass is 461 g/mol. The summed E-state index contributed by atoms with van der Waals surface area (Å²) in [5.41, 5.74) is -0.768. The van der Waals surface area contributed by atoms with Crippen molar-refractivity contribution in [2.24, 2.45) is 4.99 Å². The number of ether oxygens (including phenoxy) is 1. The topological polar surface area (TPSA) is 74.1 Å². The van der Waals surface area contributed by atoms with E-state index >= 15 is 0 Å². The smallest absolute Gasteiger partial charge is 0.416 e. The van der Waals surface area contributed by atoms with Crippen LogP contribution in [0.2, 0.25) is 0 Å². The number of amidine groups is 1. The van der Waals surface area contributed by atoms with Crippen LogP contribution in [0.15, 0.2) is 35.6 Å². The minimum Gasteiger partial charge on any atom is -0.460 e. The number of hydrogen-bond donors (Lipinski definition) is 1. The van der Waals surface area contributed by atoms with E-state index in [4.69, 9.17) is 4.74 Å². The number of alkyl halides is 3. The van der Waals surface area contributed by atoms with Crippen molar-refractivity contribution in [3.63, 3.8) is 0 Å². The van der Waals surface area contributed by atoms with Crippen molar-refractivity contribution >= 4 is 17.2 Å². The lowest BCUT2D eigenvalue weighted by Gasteiger charge is -2.41. The first-order valence-electron chi connectivity index (χ1n) is 11.3. The number of aliphatic imine (C=N–C) groups is 1. The first-order valence-corrected chi connectivity index (χ1v) is 11.3. The van der Waals surface area contributed by atoms with Crippen LogP contribution < -0.4 is 9.64 Å². The number of fused-ring (bicyclic) bond motifs is 1. The van der Waals surface area contributed by atoms with Gasteiger partial charge in [-0.15, -0.1) is 0 Å². The lowest BCUT2D eigenvalue weighted by atomic mass is 9.90. The van der Waals surface area contributed by atoms with Crippen LogP contribution in [0.4, 0.5) is 24.5 Å². The number of rotatable bonds is 4. The molecule has 1 aromatic carbocycles. The summed E-state index contributed by atoms with van der Waals surface area (Å²) in [7, 11) is 0. The molecule has 2 aliphatic heterocycles. The molecule has 1 N–H and O–H groups in total. The van der Waals surface area contributed by atoms with E-state index in [2.05, 4.69) is 19.9 Å². The Morgan fingerprint density at radius 2 is 1.76 bits per heavy atom. The molecule has 5 rings (SSSR count).